The fourth-order valence-corrected chi connectivity index (χ4v) is 4.53. The van der Waals surface area contributed by atoms with Gasteiger partial charge in [-0.05, 0) is 48.4 Å². The first-order valence-electron chi connectivity index (χ1n) is 10.9. The Balaban J connectivity index is 1.27. The highest BCUT2D eigenvalue weighted by molar-refractivity contribution is 7.99. The molecule has 0 saturated heterocycles. The van der Waals surface area contributed by atoms with Crippen molar-refractivity contribution >= 4 is 23.4 Å². The lowest BCUT2D eigenvalue weighted by Gasteiger charge is -2.10. The minimum Gasteiger partial charge on any atom is -0.339 e. The molecule has 0 unspecified atom stereocenters. The molecule has 0 bridgehead atoms. The molecule has 0 atom stereocenters. The summed E-state index contributed by atoms with van der Waals surface area (Å²) in [4.78, 5) is 8.51. The van der Waals surface area contributed by atoms with Crippen molar-refractivity contribution in [3.8, 4) is 17.1 Å². The maximum atomic E-state index is 6.12. The molecule has 2 aromatic carbocycles. The molecule has 0 aliphatic heterocycles. The average molecular weight is 489 g/mol. The fraction of sp³-hybridized carbons (Fsp3) is 0.160. The van der Waals surface area contributed by atoms with Crippen LogP contribution in [0.2, 0.25) is 5.02 Å². The first kappa shape index (κ1) is 22.3. The van der Waals surface area contributed by atoms with E-state index in [-0.39, 0.29) is 0 Å². The van der Waals surface area contributed by atoms with Gasteiger partial charge in [0.15, 0.2) is 5.16 Å². The van der Waals surface area contributed by atoms with Crippen molar-refractivity contribution in [2.24, 2.45) is 0 Å². The van der Waals surface area contributed by atoms with Crippen molar-refractivity contribution in [1.29, 1.82) is 0 Å². The lowest BCUT2D eigenvalue weighted by molar-refractivity contribution is 0.378. The maximum absolute atomic E-state index is 6.12. The van der Waals surface area contributed by atoms with Crippen LogP contribution in [0.4, 0.5) is 0 Å². The average Bonchev–Trinajstić information content (AvgIpc) is 3.51. The van der Waals surface area contributed by atoms with Gasteiger partial charge in [0.1, 0.15) is 5.82 Å². The number of benzene rings is 2. The second-order valence-electron chi connectivity index (χ2n) is 7.57. The largest absolute Gasteiger partial charge is 0.339 e. The number of halogens is 1. The molecular weight excluding hydrogens is 468 g/mol. The van der Waals surface area contributed by atoms with Crippen LogP contribution in [0.1, 0.15) is 23.7 Å². The molecule has 9 heteroatoms. The normalized spacial score (nSPS) is 11.1. The van der Waals surface area contributed by atoms with Crippen LogP contribution in [0.3, 0.4) is 0 Å². The van der Waals surface area contributed by atoms with Crippen LogP contribution in [0.5, 0.6) is 0 Å². The zero-order valence-corrected chi connectivity index (χ0v) is 19.8. The number of nitrogens with zero attached hydrogens (tertiary/aromatic N) is 6. The molecule has 0 N–H and O–H groups in total. The molecule has 0 aliphatic carbocycles. The van der Waals surface area contributed by atoms with E-state index in [4.69, 9.17) is 16.1 Å². The molecule has 170 valence electrons. The first-order chi connectivity index (χ1) is 16.8. The third-order valence-corrected chi connectivity index (χ3v) is 6.43. The molecule has 0 saturated carbocycles. The zero-order valence-electron chi connectivity index (χ0n) is 18.2. The highest BCUT2D eigenvalue weighted by Crippen LogP contribution is 2.25. The van der Waals surface area contributed by atoms with Crippen molar-refractivity contribution in [3.05, 3.63) is 101 Å². The topological polar surface area (TPSA) is 82.5 Å². The van der Waals surface area contributed by atoms with Gasteiger partial charge in [-0.1, -0.05) is 58.9 Å². The Morgan fingerprint density at radius 1 is 0.912 bits per heavy atom. The molecule has 0 spiro atoms. The van der Waals surface area contributed by atoms with E-state index < -0.39 is 0 Å². The molecule has 0 radical (unpaired) electrons. The van der Waals surface area contributed by atoms with Crippen molar-refractivity contribution in [3.63, 3.8) is 0 Å². The molecule has 5 rings (SSSR count). The van der Waals surface area contributed by atoms with Crippen LogP contribution < -0.4 is 0 Å². The van der Waals surface area contributed by atoms with E-state index in [0.29, 0.717) is 29.6 Å². The molecule has 0 fully saturated rings. The van der Waals surface area contributed by atoms with Crippen molar-refractivity contribution < 1.29 is 4.52 Å². The SMILES string of the molecule is Clc1ccc(-n2c(Cc3ccccc3)nnc2SCCCc2nc(-c3ccncc3)no2)cc1. The van der Waals surface area contributed by atoms with E-state index in [9.17, 15) is 0 Å². The van der Waals surface area contributed by atoms with E-state index in [2.05, 4.69) is 42.0 Å². The van der Waals surface area contributed by atoms with Gasteiger partial charge in [0.05, 0.1) is 0 Å². The summed E-state index contributed by atoms with van der Waals surface area (Å²) in [7, 11) is 0. The number of aryl methyl sites for hydroxylation is 1. The molecule has 3 heterocycles. The van der Waals surface area contributed by atoms with Gasteiger partial charge < -0.3 is 4.52 Å². The van der Waals surface area contributed by atoms with Crippen molar-refractivity contribution in [2.45, 2.75) is 24.4 Å². The lowest BCUT2D eigenvalue weighted by Crippen LogP contribution is -2.04. The lowest BCUT2D eigenvalue weighted by atomic mass is 10.1. The summed E-state index contributed by atoms with van der Waals surface area (Å²) >= 11 is 7.77. The summed E-state index contributed by atoms with van der Waals surface area (Å²) in [5.74, 6) is 2.92. The minimum atomic E-state index is 0.582. The van der Waals surface area contributed by atoms with E-state index in [1.54, 1.807) is 24.2 Å². The van der Waals surface area contributed by atoms with Gasteiger partial charge in [0.2, 0.25) is 11.7 Å². The highest BCUT2D eigenvalue weighted by Gasteiger charge is 2.15. The molecule has 7 nitrogen and oxygen atoms in total. The van der Waals surface area contributed by atoms with E-state index in [1.165, 1.54) is 5.56 Å². The van der Waals surface area contributed by atoms with Crippen LogP contribution in [-0.4, -0.2) is 35.6 Å². The van der Waals surface area contributed by atoms with Crippen molar-refractivity contribution in [2.75, 3.05) is 5.75 Å². The van der Waals surface area contributed by atoms with Gasteiger partial charge in [0.25, 0.3) is 0 Å². The van der Waals surface area contributed by atoms with Gasteiger partial charge in [-0.2, -0.15) is 4.98 Å². The van der Waals surface area contributed by atoms with E-state index in [0.717, 1.165) is 34.4 Å². The summed E-state index contributed by atoms with van der Waals surface area (Å²) in [6, 6.07) is 21.7. The Morgan fingerprint density at radius 3 is 2.50 bits per heavy atom. The van der Waals surface area contributed by atoms with Crippen LogP contribution in [-0.2, 0) is 12.8 Å². The monoisotopic (exact) mass is 488 g/mol. The van der Waals surface area contributed by atoms with Gasteiger partial charge in [-0.25, -0.2) is 0 Å². The maximum Gasteiger partial charge on any atom is 0.226 e. The number of rotatable bonds is 9. The third-order valence-electron chi connectivity index (χ3n) is 5.16. The van der Waals surface area contributed by atoms with E-state index >= 15 is 0 Å². The summed E-state index contributed by atoms with van der Waals surface area (Å²) in [6.45, 7) is 0. The van der Waals surface area contributed by atoms with Gasteiger partial charge >= 0.3 is 0 Å². The predicted octanol–water partition coefficient (Wildman–Crippen LogP) is 5.68. The van der Waals surface area contributed by atoms with Crippen LogP contribution in [0.15, 0.2) is 88.8 Å². The molecule has 3 aromatic heterocycles. The molecular formula is C25H21ClN6OS. The van der Waals surface area contributed by atoms with Gasteiger partial charge in [0, 0.05) is 47.3 Å². The van der Waals surface area contributed by atoms with Crippen molar-refractivity contribution in [1.82, 2.24) is 29.9 Å². The standard InChI is InChI=1S/C25H21ClN6OS/c26-20-8-10-21(11-9-20)32-22(17-18-5-2-1-3-6-18)29-30-25(32)34-16-4-7-23-28-24(31-33-23)19-12-14-27-15-13-19/h1-3,5-6,8-15H,4,7,16-17H2. The third kappa shape index (κ3) is 5.35. The number of aromatic nitrogens is 6. The summed E-state index contributed by atoms with van der Waals surface area (Å²) < 4.78 is 7.51. The highest BCUT2D eigenvalue weighted by atomic mass is 35.5. The summed E-state index contributed by atoms with van der Waals surface area (Å²) in [6.07, 6.45) is 5.67. The van der Waals surface area contributed by atoms with E-state index in [1.807, 2.05) is 54.6 Å². The Labute approximate surface area is 206 Å². The van der Waals surface area contributed by atoms with Crippen LogP contribution in [0, 0.1) is 0 Å². The fourth-order valence-electron chi connectivity index (χ4n) is 3.50. The molecule has 5 aromatic rings. The molecule has 34 heavy (non-hydrogen) atoms. The Hall–Kier alpha value is -3.49. The number of thioether (sulfide) groups is 1. The van der Waals surface area contributed by atoms with Crippen LogP contribution in [0.25, 0.3) is 17.1 Å². The van der Waals surface area contributed by atoms with Crippen LogP contribution >= 0.6 is 23.4 Å². The Kier molecular flexibility index (Phi) is 6.97. The summed E-state index contributed by atoms with van der Waals surface area (Å²) in [5, 5.41) is 14.6. The van der Waals surface area contributed by atoms with Gasteiger partial charge in [-0.3, -0.25) is 9.55 Å². The molecule has 0 amide bonds. The molecule has 0 aliphatic rings. The quantitative estimate of drug-likeness (QED) is 0.195. The summed E-state index contributed by atoms with van der Waals surface area (Å²) in [5.41, 5.74) is 3.06. The second kappa shape index (κ2) is 10.6. The number of hydrogen-bond donors (Lipinski definition) is 0. The number of hydrogen-bond acceptors (Lipinski definition) is 7. The first-order valence-corrected chi connectivity index (χ1v) is 12.2. The predicted molar refractivity (Wildman–Crippen MR) is 132 cm³/mol. The van der Waals surface area contributed by atoms with Gasteiger partial charge in [-0.15, -0.1) is 10.2 Å². The Bertz CT molecular complexity index is 1340. The smallest absolute Gasteiger partial charge is 0.226 e. The zero-order chi connectivity index (χ0) is 23.2. The second-order valence-corrected chi connectivity index (χ2v) is 9.07. The number of pyridine rings is 1. The minimum absolute atomic E-state index is 0.582. The Morgan fingerprint density at radius 2 is 1.71 bits per heavy atom.